The molecule has 0 bridgehead atoms. The third kappa shape index (κ3) is 6.64. The van der Waals surface area contributed by atoms with E-state index in [-0.39, 0.29) is 10.8 Å². The van der Waals surface area contributed by atoms with Gasteiger partial charge in [0.1, 0.15) is 0 Å². The number of aromatic nitrogens is 2. The molecule has 1 aromatic carbocycles. The van der Waals surface area contributed by atoms with Crippen molar-refractivity contribution >= 4 is 15.9 Å². The second kappa shape index (κ2) is 11.1. The van der Waals surface area contributed by atoms with Crippen LogP contribution in [0.3, 0.4) is 0 Å². The van der Waals surface area contributed by atoms with Crippen LogP contribution >= 0.6 is 0 Å². The van der Waals surface area contributed by atoms with Crippen molar-refractivity contribution in [2.24, 2.45) is 0 Å². The molecule has 0 atom stereocenters. The minimum absolute atomic E-state index is 0.0712. The highest BCUT2D eigenvalue weighted by molar-refractivity contribution is 7.89. The van der Waals surface area contributed by atoms with Crippen LogP contribution in [-0.4, -0.2) is 41.9 Å². The van der Waals surface area contributed by atoms with Gasteiger partial charge in [-0.05, 0) is 30.5 Å². The molecule has 29 heavy (non-hydrogen) atoms. The van der Waals surface area contributed by atoms with Crippen molar-refractivity contribution in [3.63, 3.8) is 0 Å². The van der Waals surface area contributed by atoms with Crippen molar-refractivity contribution in [2.45, 2.75) is 64.3 Å². The van der Waals surface area contributed by atoms with Gasteiger partial charge in [0.2, 0.25) is 21.8 Å². The first-order valence-electron chi connectivity index (χ1n) is 10.1. The molecule has 0 spiro atoms. The number of rotatable bonds is 12. The summed E-state index contributed by atoms with van der Waals surface area (Å²) in [7, 11) is -3.46. The number of benzene rings is 1. The Morgan fingerprint density at radius 1 is 1.10 bits per heavy atom. The fourth-order valence-electron chi connectivity index (χ4n) is 2.90. The van der Waals surface area contributed by atoms with Gasteiger partial charge in [-0.15, -0.1) is 0 Å². The Balaban J connectivity index is 1.78. The molecule has 0 unspecified atom stereocenters. The SMILES string of the molecule is CCCc1noc(CCCC(=O)NCc2ccc(S(=O)(=O)N(CC)CC)cc2)n1. The number of carbonyl (C=O) groups excluding carboxylic acids is 1. The molecule has 0 radical (unpaired) electrons. The van der Waals surface area contributed by atoms with E-state index in [9.17, 15) is 13.2 Å². The normalized spacial score (nSPS) is 11.7. The molecule has 1 aromatic heterocycles. The molecule has 2 rings (SSSR count). The number of nitrogens with one attached hydrogen (secondary N) is 1. The number of hydrogen-bond donors (Lipinski definition) is 1. The maximum atomic E-state index is 12.5. The summed E-state index contributed by atoms with van der Waals surface area (Å²) in [5, 5.41) is 6.74. The van der Waals surface area contributed by atoms with Crippen LogP contribution in [0.5, 0.6) is 0 Å². The average molecular weight is 423 g/mol. The smallest absolute Gasteiger partial charge is 0.243 e. The zero-order valence-corrected chi connectivity index (χ0v) is 18.2. The van der Waals surface area contributed by atoms with E-state index in [1.165, 1.54) is 4.31 Å². The van der Waals surface area contributed by atoms with Crippen molar-refractivity contribution in [1.29, 1.82) is 0 Å². The van der Waals surface area contributed by atoms with Crippen LogP contribution in [0.1, 0.15) is 57.3 Å². The molecule has 1 N–H and O–H groups in total. The Hall–Kier alpha value is -2.26. The van der Waals surface area contributed by atoms with Gasteiger partial charge < -0.3 is 9.84 Å². The average Bonchev–Trinajstić information content (AvgIpc) is 3.15. The van der Waals surface area contributed by atoms with Gasteiger partial charge >= 0.3 is 0 Å². The predicted octanol–water partition coefficient (Wildman–Crippen LogP) is 2.69. The molecule has 1 amide bonds. The summed E-state index contributed by atoms with van der Waals surface area (Å²) in [6.07, 6.45) is 3.31. The van der Waals surface area contributed by atoms with E-state index in [4.69, 9.17) is 4.52 Å². The topological polar surface area (TPSA) is 105 Å². The van der Waals surface area contributed by atoms with Crippen molar-refractivity contribution in [1.82, 2.24) is 19.8 Å². The Morgan fingerprint density at radius 2 is 1.79 bits per heavy atom. The quantitative estimate of drug-likeness (QED) is 0.564. The number of hydrogen-bond acceptors (Lipinski definition) is 6. The van der Waals surface area contributed by atoms with Gasteiger partial charge in [-0.2, -0.15) is 9.29 Å². The highest BCUT2D eigenvalue weighted by atomic mass is 32.2. The number of nitrogens with zero attached hydrogens (tertiary/aromatic N) is 3. The fraction of sp³-hybridized carbons (Fsp3) is 0.550. The van der Waals surface area contributed by atoms with Crippen molar-refractivity contribution in [3.05, 3.63) is 41.5 Å². The van der Waals surface area contributed by atoms with Crippen LogP contribution in [0.15, 0.2) is 33.7 Å². The van der Waals surface area contributed by atoms with Gasteiger partial charge in [-0.25, -0.2) is 8.42 Å². The van der Waals surface area contributed by atoms with Gasteiger partial charge in [-0.1, -0.05) is 38.1 Å². The molecule has 0 aliphatic carbocycles. The number of sulfonamides is 1. The summed E-state index contributed by atoms with van der Waals surface area (Å²) >= 11 is 0. The van der Waals surface area contributed by atoms with Gasteiger partial charge in [0.25, 0.3) is 0 Å². The lowest BCUT2D eigenvalue weighted by atomic mass is 10.2. The van der Waals surface area contributed by atoms with Gasteiger partial charge in [0.05, 0.1) is 4.90 Å². The van der Waals surface area contributed by atoms with E-state index in [0.717, 1.165) is 18.4 Å². The summed E-state index contributed by atoms with van der Waals surface area (Å²) in [5.74, 6) is 1.20. The van der Waals surface area contributed by atoms with Gasteiger partial charge in [0, 0.05) is 38.9 Å². The molecule has 0 saturated heterocycles. The van der Waals surface area contributed by atoms with Crippen LogP contribution < -0.4 is 5.32 Å². The van der Waals surface area contributed by atoms with Crippen LogP contribution in [0.4, 0.5) is 0 Å². The van der Waals surface area contributed by atoms with Crippen LogP contribution in [0.25, 0.3) is 0 Å². The van der Waals surface area contributed by atoms with E-state index in [0.29, 0.717) is 50.6 Å². The maximum Gasteiger partial charge on any atom is 0.243 e. The molecule has 1 heterocycles. The molecule has 8 nitrogen and oxygen atoms in total. The zero-order valence-electron chi connectivity index (χ0n) is 17.3. The standard InChI is InChI=1S/C20H30N4O4S/c1-4-8-18-22-20(28-23-18)10-7-9-19(25)21-15-16-11-13-17(14-12-16)29(26,27)24(5-2)6-3/h11-14H,4-10,15H2,1-3H3,(H,21,25). The van der Waals surface area contributed by atoms with Crippen molar-refractivity contribution in [2.75, 3.05) is 13.1 Å². The highest BCUT2D eigenvalue weighted by Gasteiger charge is 2.21. The first-order chi connectivity index (χ1) is 13.9. The summed E-state index contributed by atoms with van der Waals surface area (Å²) in [5.41, 5.74) is 0.845. The van der Waals surface area contributed by atoms with Gasteiger partial charge in [0.15, 0.2) is 5.82 Å². The molecule has 0 fully saturated rings. The third-order valence-corrected chi connectivity index (χ3v) is 6.60. The Bertz CT molecular complexity index is 874. The first kappa shape index (κ1) is 23.0. The largest absolute Gasteiger partial charge is 0.352 e. The van der Waals surface area contributed by atoms with Crippen molar-refractivity contribution < 1.29 is 17.7 Å². The number of carbonyl (C=O) groups is 1. The lowest BCUT2D eigenvalue weighted by Gasteiger charge is -2.18. The van der Waals surface area contributed by atoms with E-state index < -0.39 is 10.0 Å². The minimum atomic E-state index is -3.46. The van der Waals surface area contributed by atoms with E-state index in [2.05, 4.69) is 22.4 Å². The second-order valence-electron chi connectivity index (χ2n) is 6.72. The summed E-state index contributed by atoms with van der Waals surface area (Å²) in [6.45, 7) is 6.89. The van der Waals surface area contributed by atoms with E-state index in [1.807, 2.05) is 13.8 Å². The van der Waals surface area contributed by atoms with E-state index in [1.54, 1.807) is 24.3 Å². The molecule has 0 aliphatic rings. The Labute approximate surface area is 172 Å². The minimum Gasteiger partial charge on any atom is -0.352 e. The first-order valence-corrected chi connectivity index (χ1v) is 11.5. The van der Waals surface area contributed by atoms with E-state index >= 15 is 0 Å². The fourth-order valence-corrected chi connectivity index (χ4v) is 4.36. The molecule has 9 heteroatoms. The summed E-state index contributed by atoms with van der Waals surface area (Å²) in [4.78, 5) is 16.6. The molecular weight excluding hydrogens is 392 g/mol. The lowest BCUT2D eigenvalue weighted by molar-refractivity contribution is -0.121. The lowest BCUT2D eigenvalue weighted by Crippen LogP contribution is -2.30. The second-order valence-corrected chi connectivity index (χ2v) is 8.66. The van der Waals surface area contributed by atoms with Gasteiger partial charge in [-0.3, -0.25) is 4.79 Å². The molecule has 160 valence electrons. The maximum absolute atomic E-state index is 12.5. The molecule has 0 saturated carbocycles. The van der Waals surface area contributed by atoms with Crippen LogP contribution in [0.2, 0.25) is 0 Å². The molecular formula is C20H30N4O4S. The zero-order chi connectivity index (χ0) is 21.3. The third-order valence-electron chi connectivity index (χ3n) is 4.53. The monoisotopic (exact) mass is 422 g/mol. The number of aryl methyl sites for hydroxylation is 2. The summed E-state index contributed by atoms with van der Waals surface area (Å²) in [6, 6.07) is 6.62. The summed E-state index contributed by atoms with van der Waals surface area (Å²) < 4.78 is 31.5. The Morgan fingerprint density at radius 3 is 2.41 bits per heavy atom. The van der Waals surface area contributed by atoms with Crippen molar-refractivity contribution in [3.8, 4) is 0 Å². The Kier molecular flexibility index (Phi) is 8.78. The molecule has 0 aliphatic heterocycles. The van der Waals surface area contributed by atoms with Crippen LogP contribution in [0, 0.1) is 0 Å². The van der Waals surface area contributed by atoms with Crippen LogP contribution in [-0.2, 0) is 34.2 Å². The molecule has 2 aromatic rings. The highest BCUT2D eigenvalue weighted by Crippen LogP contribution is 2.16. The number of amides is 1. The predicted molar refractivity (Wildman–Crippen MR) is 110 cm³/mol.